The lowest BCUT2D eigenvalue weighted by molar-refractivity contribution is 0.813. The van der Waals surface area contributed by atoms with Crippen LogP contribution in [0.15, 0.2) is 27.5 Å². The van der Waals surface area contributed by atoms with Gasteiger partial charge in [-0.25, -0.2) is 4.98 Å². The Morgan fingerprint density at radius 1 is 1.43 bits per heavy atom. The van der Waals surface area contributed by atoms with Gasteiger partial charge in [0.25, 0.3) is 5.56 Å². The molecule has 0 spiro atoms. The number of hydrogen-bond acceptors (Lipinski definition) is 4. The van der Waals surface area contributed by atoms with Gasteiger partial charge in [-0.15, -0.1) is 0 Å². The zero-order valence-electron chi connectivity index (χ0n) is 12.0. The molecule has 2 rings (SSSR count). The van der Waals surface area contributed by atoms with Crippen LogP contribution in [-0.2, 0) is 0 Å². The summed E-state index contributed by atoms with van der Waals surface area (Å²) < 4.78 is 0.865. The second-order valence-electron chi connectivity index (χ2n) is 4.82. The monoisotopic (exact) mass is 346 g/mol. The van der Waals surface area contributed by atoms with Crippen molar-refractivity contribution < 1.29 is 0 Å². The molecule has 1 aromatic heterocycles. The number of aromatic nitrogens is 2. The van der Waals surface area contributed by atoms with Crippen LogP contribution in [0.1, 0.15) is 35.6 Å². The molecule has 1 unspecified atom stereocenters. The Labute approximate surface area is 131 Å². The molecule has 1 aromatic carbocycles. The molecule has 2 N–H and O–H groups in total. The maximum absolute atomic E-state index is 12.1. The molecule has 1 atom stereocenters. The maximum atomic E-state index is 12.1. The fourth-order valence-electron chi connectivity index (χ4n) is 2.28. The summed E-state index contributed by atoms with van der Waals surface area (Å²) in [5, 5.41) is 12.4. The minimum Gasteiger partial charge on any atom is -0.377 e. The molecule has 0 saturated heterocycles. The van der Waals surface area contributed by atoms with Crippen molar-refractivity contribution in [3.05, 3.63) is 55.7 Å². The van der Waals surface area contributed by atoms with Gasteiger partial charge in [0.15, 0.2) is 0 Å². The molecular formula is C15H15BrN4O. The van der Waals surface area contributed by atoms with Crippen LogP contribution >= 0.6 is 15.9 Å². The van der Waals surface area contributed by atoms with Crippen LogP contribution in [-0.4, -0.2) is 9.97 Å². The Morgan fingerprint density at radius 3 is 2.76 bits per heavy atom. The fourth-order valence-corrected chi connectivity index (χ4v) is 2.65. The highest BCUT2D eigenvalue weighted by Gasteiger charge is 2.16. The lowest BCUT2D eigenvalue weighted by atomic mass is 10.1. The van der Waals surface area contributed by atoms with Crippen molar-refractivity contribution in [2.24, 2.45) is 0 Å². The SMILES string of the molecule is Cc1nc(C)c(C(C)Nc2cc(Br)ccc2C#N)c(=O)[nH]1. The van der Waals surface area contributed by atoms with Crippen molar-refractivity contribution in [2.75, 3.05) is 5.32 Å². The number of anilines is 1. The van der Waals surface area contributed by atoms with Crippen molar-refractivity contribution in [3.63, 3.8) is 0 Å². The van der Waals surface area contributed by atoms with Gasteiger partial charge in [0.1, 0.15) is 11.9 Å². The summed E-state index contributed by atoms with van der Waals surface area (Å²) >= 11 is 3.38. The third kappa shape index (κ3) is 3.31. The summed E-state index contributed by atoms with van der Waals surface area (Å²) in [5.74, 6) is 0.591. The molecule has 0 aliphatic heterocycles. The number of nitrogens with one attached hydrogen (secondary N) is 2. The number of rotatable bonds is 3. The van der Waals surface area contributed by atoms with E-state index >= 15 is 0 Å². The zero-order valence-corrected chi connectivity index (χ0v) is 13.6. The third-order valence-electron chi connectivity index (χ3n) is 3.17. The van der Waals surface area contributed by atoms with Gasteiger partial charge in [0.2, 0.25) is 0 Å². The first-order chi connectivity index (χ1) is 9.92. The molecule has 0 bridgehead atoms. The molecular weight excluding hydrogens is 332 g/mol. The second-order valence-corrected chi connectivity index (χ2v) is 5.73. The smallest absolute Gasteiger partial charge is 0.256 e. The molecule has 6 heteroatoms. The largest absolute Gasteiger partial charge is 0.377 e. The van der Waals surface area contributed by atoms with E-state index in [1.165, 1.54) is 0 Å². The van der Waals surface area contributed by atoms with Gasteiger partial charge in [-0.3, -0.25) is 4.79 Å². The van der Waals surface area contributed by atoms with Crippen LogP contribution in [0.2, 0.25) is 0 Å². The predicted molar refractivity (Wildman–Crippen MR) is 85.2 cm³/mol. The van der Waals surface area contributed by atoms with Gasteiger partial charge in [0, 0.05) is 4.47 Å². The van der Waals surface area contributed by atoms with E-state index in [4.69, 9.17) is 5.26 Å². The number of nitriles is 1. The van der Waals surface area contributed by atoms with E-state index < -0.39 is 0 Å². The van der Waals surface area contributed by atoms with Crippen molar-refractivity contribution in [3.8, 4) is 6.07 Å². The normalized spacial score (nSPS) is 11.8. The highest BCUT2D eigenvalue weighted by molar-refractivity contribution is 9.10. The summed E-state index contributed by atoms with van der Waals surface area (Å²) in [5.41, 5.74) is 2.31. The van der Waals surface area contributed by atoms with Crippen LogP contribution in [0.4, 0.5) is 5.69 Å². The summed E-state index contributed by atoms with van der Waals surface area (Å²) in [7, 11) is 0. The van der Waals surface area contributed by atoms with Gasteiger partial charge in [-0.2, -0.15) is 5.26 Å². The molecule has 0 saturated carbocycles. The molecule has 1 heterocycles. The number of aryl methyl sites for hydroxylation is 2. The van der Waals surface area contributed by atoms with Crippen LogP contribution < -0.4 is 10.9 Å². The van der Waals surface area contributed by atoms with Crippen LogP contribution in [0.3, 0.4) is 0 Å². The first-order valence-corrected chi connectivity index (χ1v) is 7.25. The summed E-state index contributed by atoms with van der Waals surface area (Å²) in [6.07, 6.45) is 0. The standard InChI is InChI=1S/C15H15BrN4O/c1-8-14(15(21)20-10(3)18-8)9(2)19-13-6-12(16)5-4-11(13)7-17/h4-6,9,19H,1-3H3,(H,18,20,21). The predicted octanol–water partition coefficient (Wildman–Crippen LogP) is 3.19. The molecule has 0 fully saturated rings. The molecule has 108 valence electrons. The minimum absolute atomic E-state index is 0.159. The number of hydrogen-bond donors (Lipinski definition) is 2. The highest BCUT2D eigenvalue weighted by Crippen LogP contribution is 2.25. The van der Waals surface area contributed by atoms with E-state index in [0.717, 1.165) is 4.47 Å². The summed E-state index contributed by atoms with van der Waals surface area (Å²) in [6, 6.07) is 7.22. The van der Waals surface area contributed by atoms with Gasteiger partial charge < -0.3 is 10.3 Å². The van der Waals surface area contributed by atoms with E-state index in [2.05, 4.69) is 37.3 Å². The summed E-state index contributed by atoms with van der Waals surface area (Å²) in [4.78, 5) is 19.1. The number of nitrogens with zero attached hydrogens (tertiary/aromatic N) is 2. The van der Waals surface area contributed by atoms with Crippen LogP contribution in [0, 0.1) is 25.2 Å². The summed E-state index contributed by atoms with van der Waals surface area (Å²) in [6.45, 7) is 5.43. The average Bonchev–Trinajstić information content (AvgIpc) is 2.37. The first kappa shape index (κ1) is 15.3. The first-order valence-electron chi connectivity index (χ1n) is 6.46. The van der Waals surface area contributed by atoms with E-state index in [9.17, 15) is 4.79 Å². The second kappa shape index (κ2) is 6.10. The Bertz CT molecular complexity index is 776. The Morgan fingerprint density at radius 2 is 2.14 bits per heavy atom. The van der Waals surface area contributed by atoms with Gasteiger partial charge in [0.05, 0.1) is 28.6 Å². The number of benzene rings is 1. The molecule has 0 radical (unpaired) electrons. The van der Waals surface area contributed by atoms with E-state index in [-0.39, 0.29) is 11.6 Å². The van der Waals surface area contributed by atoms with Gasteiger partial charge >= 0.3 is 0 Å². The lowest BCUT2D eigenvalue weighted by Gasteiger charge is -2.17. The lowest BCUT2D eigenvalue weighted by Crippen LogP contribution is -2.23. The number of aromatic amines is 1. The van der Waals surface area contributed by atoms with Crippen molar-refractivity contribution in [1.82, 2.24) is 9.97 Å². The maximum Gasteiger partial charge on any atom is 0.256 e. The zero-order chi connectivity index (χ0) is 15.6. The molecule has 0 aliphatic rings. The minimum atomic E-state index is -0.261. The van der Waals surface area contributed by atoms with Crippen molar-refractivity contribution in [1.29, 1.82) is 5.26 Å². The topological polar surface area (TPSA) is 81.6 Å². The van der Waals surface area contributed by atoms with Crippen molar-refractivity contribution in [2.45, 2.75) is 26.8 Å². The molecule has 2 aromatic rings. The Hall–Kier alpha value is -2.13. The highest BCUT2D eigenvalue weighted by atomic mass is 79.9. The van der Waals surface area contributed by atoms with Crippen molar-refractivity contribution >= 4 is 21.6 Å². The molecule has 0 aliphatic carbocycles. The van der Waals surface area contributed by atoms with E-state index in [1.807, 2.05) is 19.9 Å². The van der Waals surface area contributed by atoms with Crippen LogP contribution in [0.25, 0.3) is 0 Å². The third-order valence-corrected chi connectivity index (χ3v) is 3.66. The average molecular weight is 347 g/mol. The van der Waals surface area contributed by atoms with Gasteiger partial charge in [-0.05, 0) is 39.0 Å². The van der Waals surface area contributed by atoms with Crippen LogP contribution in [0.5, 0.6) is 0 Å². The number of H-pyrrole nitrogens is 1. The number of halogens is 1. The quantitative estimate of drug-likeness (QED) is 0.893. The molecule has 0 amide bonds. The van der Waals surface area contributed by atoms with E-state index in [1.54, 1.807) is 19.1 Å². The van der Waals surface area contributed by atoms with E-state index in [0.29, 0.717) is 28.3 Å². The fraction of sp³-hybridized carbons (Fsp3) is 0.267. The Balaban J connectivity index is 2.40. The Kier molecular flexibility index (Phi) is 4.43. The molecule has 5 nitrogen and oxygen atoms in total. The molecule has 21 heavy (non-hydrogen) atoms. The van der Waals surface area contributed by atoms with Gasteiger partial charge in [-0.1, -0.05) is 15.9 Å².